The van der Waals surface area contributed by atoms with Gasteiger partial charge in [-0.2, -0.15) is 0 Å². The topological polar surface area (TPSA) is 156 Å². The monoisotopic (exact) mass is 619 g/mol. The van der Waals surface area contributed by atoms with Gasteiger partial charge in [0, 0.05) is 17.9 Å². The Hall–Kier alpha value is -4.49. The smallest absolute Gasteiger partial charge is 0.255 e. The molecule has 1 amide bonds. The normalized spacial score (nSPS) is 15.2. The third kappa shape index (κ3) is 7.17. The fraction of sp³-hybridized carbons (Fsp3) is 0.355. The van der Waals surface area contributed by atoms with Crippen molar-refractivity contribution in [1.29, 1.82) is 0 Å². The van der Waals surface area contributed by atoms with E-state index in [-0.39, 0.29) is 22.9 Å². The second kappa shape index (κ2) is 12.2. The second-order valence-corrected chi connectivity index (χ2v) is 13.6. The van der Waals surface area contributed by atoms with Gasteiger partial charge in [-0.3, -0.25) is 9.52 Å². The Labute approximate surface area is 257 Å². The second-order valence-electron chi connectivity index (χ2n) is 11.8. The van der Waals surface area contributed by atoms with Gasteiger partial charge in [0.1, 0.15) is 17.7 Å². The van der Waals surface area contributed by atoms with Crippen LogP contribution in [-0.2, 0) is 20.2 Å². The summed E-state index contributed by atoms with van der Waals surface area (Å²) in [6.07, 6.45) is 3.44. The van der Waals surface area contributed by atoms with Crippen LogP contribution in [0.3, 0.4) is 0 Å². The Bertz CT molecular complexity index is 1820. The molecule has 2 aromatic carbocycles. The molecule has 4 aromatic rings. The zero-order valence-corrected chi connectivity index (χ0v) is 26.4. The Kier molecular flexibility index (Phi) is 8.62. The molecule has 0 bridgehead atoms. The Balaban J connectivity index is 1.45. The maximum atomic E-state index is 13.6. The summed E-state index contributed by atoms with van der Waals surface area (Å²) in [5.74, 6) is 0.998. The highest BCUT2D eigenvalue weighted by Gasteiger charge is 2.23. The van der Waals surface area contributed by atoms with Crippen LogP contribution in [0.1, 0.15) is 48.7 Å². The van der Waals surface area contributed by atoms with E-state index in [0.29, 0.717) is 46.2 Å². The van der Waals surface area contributed by atoms with E-state index in [4.69, 9.17) is 14.5 Å². The zero-order chi connectivity index (χ0) is 31.6. The number of aryl methyl sites for hydroxylation is 1. The van der Waals surface area contributed by atoms with E-state index in [2.05, 4.69) is 30.6 Å². The third-order valence-electron chi connectivity index (χ3n) is 7.22. The highest BCUT2D eigenvalue weighted by Crippen LogP contribution is 2.39. The van der Waals surface area contributed by atoms with Crippen molar-refractivity contribution in [3.05, 3.63) is 65.5 Å². The highest BCUT2D eigenvalue weighted by molar-refractivity contribution is 7.92. The first kappa shape index (κ1) is 31.0. The molecular formula is C31H37N7O5S. The molecule has 2 aromatic heterocycles. The van der Waals surface area contributed by atoms with Crippen LogP contribution in [0.5, 0.6) is 5.75 Å². The number of ether oxygens (including phenoxy) is 2. The minimum atomic E-state index is -3.61. The van der Waals surface area contributed by atoms with Crippen LogP contribution in [0.2, 0.25) is 0 Å². The van der Waals surface area contributed by atoms with E-state index >= 15 is 0 Å². The molecule has 0 radical (unpaired) electrons. The minimum Gasteiger partial charge on any atom is -0.492 e. The molecule has 232 valence electrons. The number of rotatable bonds is 9. The number of sulfonamides is 1. The van der Waals surface area contributed by atoms with Crippen molar-refractivity contribution in [2.75, 3.05) is 47.3 Å². The van der Waals surface area contributed by atoms with Crippen molar-refractivity contribution in [3.63, 3.8) is 0 Å². The van der Waals surface area contributed by atoms with Crippen LogP contribution in [0, 0.1) is 6.92 Å². The summed E-state index contributed by atoms with van der Waals surface area (Å²) in [5.41, 5.74) is 4.22. The number of hydrogen-bond donors (Lipinski definition) is 4. The van der Waals surface area contributed by atoms with Gasteiger partial charge >= 0.3 is 0 Å². The van der Waals surface area contributed by atoms with Gasteiger partial charge < -0.3 is 25.4 Å². The number of amides is 1. The van der Waals surface area contributed by atoms with Crippen LogP contribution < -0.4 is 25.4 Å². The van der Waals surface area contributed by atoms with Gasteiger partial charge in [-0.25, -0.2) is 23.4 Å². The number of carbonyl (C=O) groups excluding carboxylic acids is 1. The Morgan fingerprint density at radius 1 is 1.05 bits per heavy atom. The average Bonchev–Trinajstić information content (AvgIpc) is 3.46. The SMILES string of the molecule is COc1c(NC(=O)c2ccc(C)c(Nc3ncnc4ccc(NC5CCOC5)nc34)c2)cc(C(C)(C)C)cc1NS(C)(=O)=O. The number of nitrogens with zero attached hydrogens (tertiary/aromatic N) is 3. The summed E-state index contributed by atoms with van der Waals surface area (Å²) in [5, 5.41) is 9.65. The molecule has 13 heteroatoms. The van der Waals surface area contributed by atoms with E-state index in [1.807, 2.05) is 45.9 Å². The lowest BCUT2D eigenvalue weighted by Crippen LogP contribution is -2.19. The number of pyridine rings is 1. The lowest BCUT2D eigenvalue weighted by atomic mass is 9.86. The van der Waals surface area contributed by atoms with Crippen molar-refractivity contribution in [1.82, 2.24) is 15.0 Å². The first-order valence-electron chi connectivity index (χ1n) is 14.2. The maximum absolute atomic E-state index is 13.6. The van der Waals surface area contributed by atoms with E-state index < -0.39 is 15.9 Å². The number of fused-ring (bicyclic) bond motifs is 1. The summed E-state index contributed by atoms with van der Waals surface area (Å²) >= 11 is 0. The van der Waals surface area contributed by atoms with Gasteiger partial charge in [0.15, 0.2) is 11.6 Å². The number of aromatic nitrogens is 3. The molecule has 1 aliphatic heterocycles. The van der Waals surface area contributed by atoms with Gasteiger partial charge in [0.2, 0.25) is 10.0 Å². The summed E-state index contributed by atoms with van der Waals surface area (Å²) < 4.78 is 37.7. The van der Waals surface area contributed by atoms with Gasteiger partial charge in [-0.1, -0.05) is 26.8 Å². The lowest BCUT2D eigenvalue weighted by Gasteiger charge is -2.24. The fourth-order valence-electron chi connectivity index (χ4n) is 4.84. The maximum Gasteiger partial charge on any atom is 0.255 e. The molecule has 3 heterocycles. The van der Waals surface area contributed by atoms with E-state index in [1.165, 1.54) is 13.4 Å². The molecule has 5 rings (SSSR count). The molecular weight excluding hydrogens is 582 g/mol. The minimum absolute atomic E-state index is 0.194. The third-order valence-corrected chi connectivity index (χ3v) is 7.81. The van der Waals surface area contributed by atoms with Crippen molar-refractivity contribution in [2.24, 2.45) is 0 Å². The van der Waals surface area contributed by atoms with Gasteiger partial charge in [-0.15, -0.1) is 0 Å². The number of benzene rings is 2. The zero-order valence-electron chi connectivity index (χ0n) is 25.6. The van der Waals surface area contributed by atoms with Crippen molar-refractivity contribution < 1.29 is 22.7 Å². The molecule has 0 spiro atoms. The fourth-order valence-corrected chi connectivity index (χ4v) is 5.39. The number of methoxy groups -OCH3 is 1. The van der Waals surface area contributed by atoms with Crippen LogP contribution in [-0.4, -0.2) is 61.9 Å². The molecule has 0 aliphatic carbocycles. The Morgan fingerprint density at radius 2 is 1.82 bits per heavy atom. The van der Waals surface area contributed by atoms with Crippen LogP contribution >= 0.6 is 0 Å². The summed E-state index contributed by atoms with van der Waals surface area (Å²) in [4.78, 5) is 27.1. The Morgan fingerprint density at radius 3 is 2.50 bits per heavy atom. The lowest BCUT2D eigenvalue weighted by molar-refractivity contribution is 0.102. The molecule has 1 saturated heterocycles. The van der Waals surface area contributed by atoms with Gasteiger partial charge in [0.25, 0.3) is 5.91 Å². The van der Waals surface area contributed by atoms with Crippen LogP contribution in [0.15, 0.2) is 48.8 Å². The molecule has 4 N–H and O–H groups in total. The molecule has 1 fully saturated rings. The van der Waals surface area contributed by atoms with Crippen molar-refractivity contribution >= 4 is 55.7 Å². The highest BCUT2D eigenvalue weighted by atomic mass is 32.2. The van der Waals surface area contributed by atoms with Crippen LogP contribution in [0.25, 0.3) is 11.0 Å². The predicted octanol–water partition coefficient (Wildman–Crippen LogP) is 5.21. The number of nitrogens with one attached hydrogen (secondary N) is 4. The number of hydrogen-bond acceptors (Lipinski definition) is 10. The molecule has 1 atom stereocenters. The van der Waals surface area contributed by atoms with E-state index in [0.717, 1.165) is 30.4 Å². The molecule has 1 aliphatic rings. The molecule has 12 nitrogen and oxygen atoms in total. The summed E-state index contributed by atoms with van der Waals surface area (Å²) in [6.45, 7) is 9.26. The molecule has 44 heavy (non-hydrogen) atoms. The first-order valence-corrected chi connectivity index (χ1v) is 16.1. The first-order chi connectivity index (χ1) is 20.8. The van der Waals surface area contributed by atoms with E-state index in [9.17, 15) is 13.2 Å². The number of carbonyl (C=O) groups is 1. The molecule has 1 unspecified atom stereocenters. The summed E-state index contributed by atoms with van der Waals surface area (Å²) in [6, 6.07) is 12.7. The van der Waals surface area contributed by atoms with Crippen molar-refractivity contribution in [2.45, 2.75) is 45.6 Å². The predicted molar refractivity (Wildman–Crippen MR) is 173 cm³/mol. The van der Waals surface area contributed by atoms with Gasteiger partial charge in [-0.05, 0) is 66.3 Å². The summed E-state index contributed by atoms with van der Waals surface area (Å²) in [7, 11) is -2.19. The largest absolute Gasteiger partial charge is 0.492 e. The van der Waals surface area contributed by atoms with Gasteiger partial charge in [0.05, 0.1) is 42.9 Å². The average molecular weight is 620 g/mol. The molecule has 0 saturated carbocycles. The number of anilines is 5. The van der Waals surface area contributed by atoms with E-state index in [1.54, 1.807) is 24.3 Å². The van der Waals surface area contributed by atoms with Crippen molar-refractivity contribution in [3.8, 4) is 5.75 Å². The quantitative estimate of drug-likeness (QED) is 0.196. The van der Waals surface area contributed by atoms with Crippen LogP contribution in [0.4, 0.5) is 28.7 Å². The standard InChI is InChI=1S/C31H37N7O5S/c1-18-7-8-19(30(39)36-24-14-20(31(2,3)4)15-25(28(24)42-5)38-44(6,40)41)13-23(18)35-29-27-22(32-17-33-29)9-10-26(37-27)34-21-11-12-43-16-21/h7-10,13-15,17,21,38H,11-12,16H2,1-6H3,(H,34,37)(H,36,39)(H,32,33,35).